The zero-order valence-corrected chi connectivity index (χ0v) is 10.7. The summed E-state index contributed by atoms with van der Waals surface area (Å²) in [6.45, 7) is 1.50. The van der Waals surface area contributed by atoms with Crippen molar-refractivity contribution in [2.45, 2.75) is 56.8 Å². The fraction of sp³-hybridized carbons (Fsp3) is 0.833. The highest BCUT2D eigenvalue weighted by atomic mass is 16.4. The molecule has 3 unspecified atom stereocenters. The molecule has 2 bridgehead atoms. The van der Waals surface area contributed by atoms with Crippen LogP contribution in [0.2, 0.25) is 0 Å². The normalized spacial score (nSPS) is 32.2. The Morgan fingerprint density at radius 3 is 2.22 bits per heavy atom. The fourth-order valence-electron chi connectivity index (χ4n) is 2.97. The number of carboxylic acid groups (broad SMARTS) is 1. The maximum atomic E-state index is 12.3. The van der Waals surface area contributed by atoms with E-state index >= 15 is 0 Å². The monoisotopic (exact) mass is 256 g/mol. The summed E-state index contributed by atoms with van der Waals surface area (Å²) in [7, 11) is 1.52. The van der Waals surface area contributed by atoms with Crippen molar-refractivity contribution < 1.29 is 19.8 Å². The maximum absolute atomic E-state index is 12.3. The summed E-state index contributed by atoms with van der Waals surface area (Å²) >= 11 is 0. The quantitative estimate of drug-likeness (QED) is 0.754. The Bertz CT molecular complexity index is 346. The number of carboxylic acids is 1. The van der Waals surface area contributed by atoms with Crippen LogP contribution in [-0.2, 0) is 4.79 Å². The Balaban J connectivity index is 2.08. The van der Waals surface area contributed by atoms with Crippen LogP contribution in [-0.4, -0.2) is 63.3 Å². The van der Waals surface area contributed by atoms with Gasteiger partial charge in [0.25, 0.3) is 0 Å². The lowest BCUT2D eigenvalue weighted by Crippen LogP contribution is -2.55. The first-order valence-corrected chi connectivity index (χ1v) is 6.37. The third-order valence-corrected chi connectivity index (χ3v) is 4.17. The number of hydrogen-bond donors (Lipinski definition) is 2. The highest BCUT2D eigenvalue weighted by molar-refractivity contribution is 5.82. The molecule has 0 aliphatic carbocycles. The standard InChI is InChI=1S/C12H20N2O4/c1-7(11(16)17)13(2)12(18)14-8-3-4-9(14)6-10(15)5-8/h7-10,15H,3-6H2,1-2H3,(H,16,17). The molecule has 2 aliphatic heterocycles. The molecule has 0 saturated carbocycles. The Kier molecular flexibility index (Phi) is 3.47. The number of nitrogens with zero attached hydrogens (tertiary/aromatic N) is 2. The molecule has 0 aromatic rings. The van der Waals surface area contributed by atoms with E-state index in [1.54, 1.807) is 4.90 Å². The van der Waals surface area contributed by atoms with Crippen molar-refractivity contribution in [2.24, 2.45) is 0 Å². The van der Waals surface area contributed by atoms with Crippen molar-refractivity contribution in [3.05, 3.63) is 0 Å². The number of aliphatic hydroxyl groups is 1. The van der Waals surface area contributed by atoms with E-state index < -0.39 is 12.0 Å². The topological polar surface area (TPSA) is 81.1 Å². The smallest absolute Gasteiger partial charge is 0.326 e. The Labute approximate surface area is 106 Å². The van der Waals surface area contributed by atoms with Crippen LogP contribution in [0.1, 0.15) is 32.6 Å². The number of hydrogen-bond acceptors (Lipinski definition) is 3. The third kappa shape index (κ3) is 2.16. The molecule has 2 fully saturated rings. The van der Waals surface area contributed by atoms with E-state index in [9.17, 15) is 14.7 Å². The van der Waals surface area contributed by atoms with Crippen LogP contribution >= 0.6 is 0 Å². The molecule has 3 atom stereocenters. The number of rotatable bonds is 2. The molecule has 18 heavy (non-hydrogen) atoms. The maximum Gasteiger partial charge on any atom is 0.326 e. The average Bonchev–Trinajstić information content (AvgIpc) is 2.58. The molecule has 6 heteroatoms. The highest BCUT2D eigenvalue weighted by Crippen LogP contribution is 2.36. The van der Waals surface area contributed by atoms with E-state index in [4.69, 9.17) is 5.11 Å². The summed E-state index contributed by atoms with van der Waals surface area (Å²) in [5.41, 5.74) is 0. The zero-order chi connectivity index (χ0) is 13.4. The van der Waals surface area contributed by atoms with Gasteiger partial charge in [0.2, 0.25) is 0 Å². The van der Waals surface area contributed by atoms with Crippen LogP contribution in [0.15, 0.2) is 0 Å². The fourth-order valence-corrected chi connectivity index (χ4v) is 2.97. The second-order valence-corrected chi connectivity index (χ2v) is 5.33. The van der Waals surface area contributed by atoms with E-state index in [-0.39, 0.29) is 24.2 Å². The molecular weight excluding hydrogens is 236 g/mol. The van der Waals surface area contributed by atoms with E-state index in [0.29, 0.717) is 12.8 Å². The minimum absolute atomic E-state index is 0.0645. The van der Waals surface area contributed by atoms with Crippen molar-refractivity contribution in [1.82, 2.24) is 9.80 Å². The van der Waals surface area contributed by atoms with E-state index in [1.807, 2.05) is 0 Å². The first-order valence-electron chi connectivity index (χ1n) is 6.37. The second kappa shape index (κ2) is 4.76. The van der Waals surface area contributed by atoms with Crippen LogP contribution in [0, 0.1) is 0 Å². The van der Waals surface area contributed by atoms with Gasteiger partial charge in [0.1, 0.15) is 6.04 Å². The highest BCUT2D eigenvalue weighted by Gasteiger charge is 2.44. The van der Waals surface area contributed by atoms with Crippen molar-refractivity contribution in [1.29, 1.82) is 0 Å². The van der Waals surface area contributed by atoms with Gasteiger partial charge in [-0.1, -0.05) is 0 Å². The third-order valence-electron chi connectivity index (χ3n) is 4.17. The SMILES string of the molecule is CC(C(=O)O)N(C)C(=O)N1C2CCC1CC(O)C2. The molecule has 2 aliphatic rings. The number of urea groups is 1. The summed E-state index contributed by atoms with van der Waals surface area (Å²) < 4.78 is 0. The number of fused-ring (bicyclic) bond motifs is 2. The van der Waals surface area contributed by atoms with E-state index in [0.717, 1.165) is 12.8 Å². The lowest BCUT2D eigenvalue weighted by atomic mass is 10.0. The molecule has 102 valence electrons. The van der Waals surface area contributed by atoms with Gasteiger partial charge in [0, 0.05) is 19.1 Å². The minimum Gasteiger partial charge on any atom is -0.480 e. The van der Waals surface area contributed by atoms with Crippen molar-refractivity contribution in [2.75, 3.05) is 7.05 Å². The number of carbonyl (C=O) groups is 2. The Hall–Kier alpha value is -1.30. The lowest BCUT2D eigenvalue weighted by Gasteiger charge is -2.40. The molecule has 2 amide bonds. The predicted molar refractivity (Wildman–Crippen MR) is 64.1 cm³/mol. The van der Waals surface area contributed by atoms with Crippen LogP contribution in [0.5, 0.6) is 0 Å². The number of carbonyl (C=O) groups excluding carboxylic acids is 1. The van der Waals surface area contributed by atoms with Crippen molar-refractivity contribution >= 4 is 12.0 Å². The molecule has 0 spiro atoms. The van der Waals surface area contributed by atoms with Gasteiger partial charge in [-0.25, -0.2) is 9.59 Å². The molecule has 2 rings (SSSR count). The molecule has 2 saturated heterocycles. The summed E-state index contributed by atoms with van der Waals surface area (Å²) in [6.07, 6.45) is 2.70. The Morgan fingerprint density at radius 2 is 1.78 bits per heavy atom. The minimum atomic E-state index is -1.00. The van der Waals surface area contributed by atoms with Gasteiger partial charge < -0.3 is 20.0 Å². The molecule has 2 N–H and O–H groups in total. The van der Waals surface area contributed by atoms with Crippen molar-refractivity contribution in [3.8, 4) is 0 Å². The Morgan fingerprint density at radius 1 is 1.28 bits per heavy atom. The van der Waals surface area contributed by atoms with Crippen LogP contribution < -0.4 is 0 Å². The molecule has 0 aromatic carbocycles. The average molecular weight is 256 g/mol. The van der Waals surface area contributed by atoms with Crippen LogP contribution in [0.4, 0.5) is 4.79 Å². The number of likely N-dealkylation sites (N-methyl/N-ethyl adjacent to an activating group) is 1. The van der Waals surface area contributed by atoms with Gasteiger partial charge in [-0.2, -0.15) is 0 Å². The first kappa shape index (κ1) is 13.1. The summed E-state index contributed by atoms with van der Waals surface area (Å²) in [4.78, 5) is 26.3. The first-order chi connectivity index (χ1) is 8.41. The molecule has 2 heterocycles. The lowest BCUT2D eigenvalue weighted by molar-refractivity contribution is -0.141. The number of aliphatic carboxylic acids is 1. The number of aliphatic hydroxyl groups excluding tert-OH is 1. The van der Waals surface area contributed by atoms with Gasteiger partial charge in [0.15, 0.2) is 0 Å². The molecular formula is C12H20N2O4. The number of piperidine rings is 1. The summed E-state index contributed by atoms with van der Waals surface area (Å²) in [5.74, 6) is -1.00. The predicted octanol–water partition coefficient (Wildman–Crippen LogP) is 0.499. The second-order valence-electron chi connectivity index (χ2n) is 5.33. The molecule has 0 aromatic heterocycles. The molecule has 0 radical (unpaired) electrons. The van der Waals surface area contributed by atoms with Gasteiger partial charge >= 0.3 is 12.0 Å². The van der Waals surface area contributed by atoms with E-state index in [1.165, 1.54) is 18.9 Å². The molecule has 6 nitrogen and oxygen atoms in total. The summed E-state index contributed by atoms with van der Waals surface area (Å²) in [5, 5.41) is 18.6. The van der Waals surface area contributed by atoms with Crippen LogP contribution in [0.25, 0.3) is 0 Å². The van der Waals surface area contributed by atoms with Gasteiger partial charge in [-0.15, -0.1) is 0 Å². The van der Waals surface area contributed by atoms with Crippen molar-refractivity contribution in [3.63, 3.8) is 0 Å². The zero-order valence-electron chi connectivity index (χ0n) is 10.7. The number of amides is 2. The van der Waals surface area contributed by atoms with E-state index in [2.05, 4.69) is 0 Å². The van der Waals surface area contributed by atoms with Gasteiger partial charge in [-0.05, 0) is 32.6 Å². The largest absolute Gasteiger partial charge is 0.480 e. The summed E-state index contributed by atoms with van der Waals surface area (Å²) in [6, 6.07) is -0.933. The van der Waals surface area contributed by atoms with Gasteiger partial charge in [0.05, 0.1) is 6.10 Å². The van der Waals surface area contributed by atoms with Gasteiger partial charge in [-0.3, -0.25) is 0 Å². The van der Waals surface area contributed by atoms with Crippen LogP contribution in [0.3, 0.4) is 0 Å².